The minimum atomic E-state index is -3.38. The number of carbonyl (C=O) groups excluding carboxylic acids is 1. The van der Waals surface area contributed by atoms with Gasteiger partial charge in [-0.25, -0.2) is 17.6 Å². The van der Waals surface area contributed by atoms with Crippen LogP contribution in [0.4, 0.5) is 20.6 Å². The maximum absolute atomic E-state index is 13.5. The van der Waals surface area contributed by atoms with Crippen LogP contribution in [0.15, 0.2) is 48.5 Å². The lowest BCUT2D eigenvalue weighted by atomic mass is 10.1. The molecule has 128 valence electrons. The standard InChI is InChI=1S/C16H18FN3O3S/c1-11(12-6-5-7-13(10-12)20-24(2,22)23)18-16(21)19-15-9-4-3-8-14(15)17/h3-11,20H,1-2H3,(H2,18,19,21)/t11-/m1/s1. The van der Waals surface area contributed by atoms with Crippen molar-refractivity contribution < 1.29 is 17.6 Å². The summed E-state index contributed by atoms with van der Waals surface area (Å²) in [4.78, 5) is 12.0. The molecule has 0 spiro atoms. The second-order valence-corrected chi connectivity index (χ2v) is 7.05. The van der Waals surface area contributed by atoms with Crippen LogP contribution < -0.4 is 15.4 Å². The molecule has 0 unspecified atom stereocenters. The maximum atomic E-state index is 13.5. The summed E-state index contributed by atoms with van der Waals surface area (Å²) in [6.45, 7) is 1.74. The zero-order valence-corrected chi connectivity index (χ0v) is 14.0. The van der Waals surface area contributed by atoms with E-state index in [1.54, 1.807) is 37.3 Å². The molecular weight excluding hydrogens is 333 g/mol. The first-order valence-corrected chi connectivity index (χ1v) is 9.03. The highest BCUT2D eigenvalue weighted by molar-refractivity contribution is 7.92. The third-order valence-electron chi connectivity index (χ3n) is 3.16. The lowest BCUT2D eigenvalue weighted by molar-refractivity contribution is 0.249. The fourth-order valence-corrected chi connectivity index (χ4v) is 2.64. The number of amides is 2. The maximum Gasteiger partial charge on any atom is 0.319 e. The summed E-state index contributed by atoms with van der Waals surface area (Å²) in [6, 6.07) is 11.5. The van der Waals surface area contributed by atoms with Crippen molar-refractivity contribution in [1.82, 2.24) is 5.32 Å². The van der Waals surface area contributed by atoms with Gasteiger partial charge in [0.1, 0.15) is 5.82 Å². The van der Waals surface area contributed by atoms with Gasteiger partial charge in [0, 0.05) is 5.69 Å². The van der Waals surface area contributed by atoms with Crippen molar-refractivity contribution in [2.45, 2.75) is 13.0 Å². The van der Waals surface area contributed by atoms with E-state index in [0.29, 0.717) is 11.3 Å². The van der Waals surface area contributed by atoms with Crippen LogP contribution in [-0.4, -0.2) is 20.7 Å². The first-order chi connectivity index (χ1) is 11.2. The largest absolute Gasteiger partial charge is 0.331 e. The van der Waals surface area contributed by atoms with Gasteiger partial charge in [0.15, 0.2) is 0 Å². The number of hydrogen-bond acceptors (Lipinski definition) is 3. The minimum Gasteiger partial charge on any atom is -0.331 e. The number of hydrogen-bond donors (Lipinski definition) is 3. The van der Waals surface area contributed by atoms with Crippen LogP contribution in [0.3, 0.4) is 0 Å². The minimum absolute atomic E-state index is 0.0784. The van der Waals surface area contributed by atoms with Gasteiger partial charge in [-0.1, -0.05) is 24.3 Å². The Bertz CT molecular complexity index is 840. The SMILES string of the molecule is C[C@@H](NC(=O)Nc1ccccc1F)c1cccc(NS(C)(=O)=O)c1. The molecule has 0 fully saturated rings. The van der Waals surface area contributed by atoms with Crippen molar-refractivity contribution in [2.75, 3.05) is 16.3 Å². The van der Waals surface area contributed by atoms with E-state index in [0.717, 1.165) is 6.26 Å². The van der Waals surface area contributed by atoms with E-state index in [-0.39, 0.29) is 5.69 Å². The molecular formula is C16H18FN3O3S. The van der Waals surface area contributed by atoms with Gasteiger partial charge in [-0.05, 0) is 36.8 Å². The number of carbonyl (C=O) groups is 1. The number of rotatable bonds is 5. The van der Waals surface area contributed by atoms with E-state index >= 15 is 0 Å². The topological polar surface area (TPSA) is 87.3 Å². The molecule has 0 saturated heterocycles. The third-order valence-corrected chi connectivity index (χ3v) is 3.77. The summed E-state index contributed by atoms with van der Waals surface area (Å²) in [5, 5.41) is 5.10. The Kier molecular flexibility index (Phi) is 5.40. The second kappa shape index (κ2) is 7.31. The lowest BCUT2D eigenvalue weighted by Crippen LogP contribution is -2.31. The molecule has 3 N–H and O–H groups in total. The van der Waals surface area contributed by atoms with Crippen molar-refractivity contribution in [3.8, 4) is 0 Å². The molecule has 2 aromatic carbocycles. The molecule has 1 atom stereocenters. The number of para-hydroxylation sites is 1. The number of nitrogens with one attached hydrogen (secondary N) is 3. The summed E-state index contributed by atoms with van der Waals surface area (Å²) in [7, 11) is -3.38. The molecule has 0 aliphatic rings. The van der Waals surface area contributed by atoms with E-state index in [2.05, 4.69) is 15.4 Å². The van der Waals surface area contributed by atoms with Gasteiger partial charge in [0.25, 0.3) is 0 Å². The lowest BCUT2D eigenvalue weighted by Gasteiger charge is -2.16. The molecule has 2 amide bonds. The Labute approximate surface area is 140 Å². The molecule has 0 heterocycles. The molecule has 0 saturated carbocycles. The molecule has 8 heteroatoms. The Hall–Kier alpha value is -2.61. The van der Waals surface area contributed by atoms with Gasteiger partial charge in [-0.3, -0.25) is 4.72 Å². The van der Waals surface area contributed by atoms with Crippen molar-refractivity contribution in [1.29, 1.82) is 0 Å². The summed E-state index contributed by atoms with van der Waals surface area (Å²) >= 11 is 0. The average Bonchev–Trinajstić information content (AvgIpc) is 2.48. The molecule has 0 radical (unpaired) electrons. The van der Waals surface area contributed by atoms with Crippen LogP contribution >= 0.6 is 0 Å². The first-order valence-electron chi connectivity index (χ1n) is 7.14. The molecule has 0 bridgehead atoms. The van der Waals surface area contributed by atoms with E-state index < -0.39 is 27.9 Å². The van der Waals surface area contributed by atoms with Gasteiger partial charge in [0.05, 0.1) is 18.0 Å². The summed E-state index contributed by atoms with van der Waals surface area (Å²) in [6.07, 6.45) is 1.06. The van der Waals surface area contributed by atoms with Gasteiger partial charge in [-0.2, -0.15) is 0 Å². The average molecular weight is 351 g/mol. The Morgan fingerprint density at radius 1 is 1.12 bits per heavy atom. The summed E-state index contributed by atoms with van der Waals surface area (Å²) in [5.41, 5.74) is 1.18. The van der Waals surface area contributed by atoms with Crippen molar-refractivity contribution in [2.24, 2.45) is 0 Å². The van der Waals surface area contributed by atoms with Gasteiger partial charge in [0.2, 0.25) is 10.0 Å². The predicted molar refractivity (Wildman–Crippen MR) is 91.9 cm³/mol. The molecule has 6 nitrogen and oxygen atoms in total. The van der Waals surface area contributed by atoms with E-state index in [1.165, 1.54) is 18.2 Å². The molecule has 0 aliphatic heterocycles. The van der Waals surface area contributed by atoms with Crippen LogP contribution in [0.5, 0.6) is 0 Å². The van der Waals surface area contributed by atoms with Gasteiger partial charge >= 0.3 is 6.03 Å². The van der Waals surface area contributed by atoms with E-state index in [9.17, 15) is 17.6 Å². The zero-order valence-electron chi connectivity index (χ0n) is 13.2. The van der Waals surface area contributed by atoms with Crippen molar-refractivity contribution in [3.63, 3.8) is 0 Å². The van der Waals surface area contributed by atoms with Gasteiger partial charge in [-0.15, -0.1) is 0 Å². The predicted octanol–water partition coefficient (Wildman–Crippen LogP) is 3.08. The quantitative estimate of drug-likeness (QED) is 0.773. The van der Waals surface area contributed by atoms with Crippen LogP contribution in [0.1, 0.15) is 18.5 Å². The highest BCUT2D eigenvalue weighted by Crippen LogP contribution is 2.19. The van der Waals surface area contributed by atoms with Crippen LogP contribution in [0, 0.1) is 5.82 Å². The zero-order chi connectivity index (χ0) is 17.7. The number of benzene rings is 2. The normalized spacial score (nSPS) is 12.3. The van der Waals surface area contributed by atoms with E-state index in [1.807, 2.05) is 0 Å². The smallest absolute Gasteiger partial charge is 0.319 e. The van der Waals surface area contributed by atoms with Gasteiger partial charge < -0.3 is 10.6 Å². The van der Waals surface area contributed by atoms with Crippen LogP contribution in [0.2, 0.25) is 0 Å². The molecule has 2 rings (SSSR count). The number of anilines is 2. The first kappa shape index (κ1) is 17.7. The van der Waals surface area contributed by atoms with Crippen LogP contribution in [-0.2, 0) is 10.0 Å². The summed E-state index contributed by atoms with van der Waals surface area (Å²) in [5.74, 6) is -0.528. The van der Waals surface area contributed by atoms with Crippen LogP contribution in [0.25, 0.3) is 0 Å². The molecule has 0 aliphatic carbocycles. The number of sulfonamides is 1. The van der Waals surface area contributed by atoms with Crippen molar-refractivity contribution >= 4 is 27.4 Å². The third kappa shape index (κ3) is 5.24. The monoisotopic (exact) mass is 351 g/mol. The van der Waals surface area contributed by atoms with Crippen molar-refractivity contribution in [3.05, 3.63) is 59.9 Å². The second-order valence-electron chi connectivity index (χ2n) is 5.30. The fourth-order valence-electron chi connectivity index (χ4n) is 2.09. The fraction of sp³-hybridized carbons (Fsp3) is 0.188. The molecule has 24 heavy (non-hydrogen) atoms. The summed E-state index contributed by atoms with van der Waals surface area (Å²) < 4.78 is 38.4. The Morgan fingerprint density at radius 3 is 2.50 bits per heavy atom. The highest BCUT2D eigenvalue weighted by atomic mass is 32.2. The molecule has 2 aromatic rings. The molecule has 0 aromatic heterocycles. The number of halogens is 1. The number of urea groups is 1. The highest BCUT2D eigenvalue weighted by Gasteiger charge is 2.12. The Balaban J connectivity index is 2.04. The Morgan fingerprint density at radius 2 is 1.83 bits per heavy atom. The van der Waals surface area contributed by atoms with E-state index in [4.69, 9.17) is 0 Å².